The Kier molecular flexibility index (Phi) is 13.0. The average Bonchev–Trinajstić information content (AvgIpc) is 3.30. The van der Waals surface area contributed by atoms with Gasteiger partial charge in [0, 0.05) is 79.1 Å². The first-order valence-electron chi connectivity index (χ1n) is 19.7. The summed E-state index contributed by atoms with van der Waals surface area (Å²) in [6.45, 7) is 6.31. The van der Waals surface area contributed by atoms with Gasteiger partial charge in [-0.05, 0) is 56.9 Å². The zero-order chi connectivity index (χ0) is 41.3. The Balaban J connectivity index is 0.000000180. The lowest BCUT2D eigenvalue weighted by Gasteiger charge is -2.33. The summed E-state index contributed by atoms with van der Waals surface area (Å²) in [4.78, 5) is 21.9. The van der Waals surface area contributed by atoms with Crippen LogP contribution in [-0.2, 0) is 0 Å². The second-order valence-corrected chi connectivity index (χ2v) is 14.0. The number of hydrogen-bond acceptors (Lipinski definition) is 17. The number of rotatable bonds is 12. The summed E-state index contributed by atoms with van der Waals surface area (Å²) in [6, 6.07) is 7.90. The van der Waals surface area contributed by atoms with Crippen LogP contribution in [0.1, 0.15) is 55.8 Å². The van der Waals surface area contributed by atoms with Gasteiger partial charge in [-0.2, -0.15) is 10.2 Å². The summed E-state index contributed by atoms with van der Waals surface area (Å²) in [5.41, 5.74) is 2.19. The maximum Gasteiger partial charge on any atom is 0.222 e. The second kappa shape index (κ2) is 18.8. The molecule has 2 fully saturated rings. The van der Waals surface area contributed by atoms with Gasteiger partial charge in [0.05, 0.1) is 65.8 Å². The van der Waals surface area contributed by atoms with E-state index in [0.29, 0.717) is 52.3 Å². The molecule has 2 aromatic carbocycles. The summed E-state index contributed by atoms with van der Waals surface area (Å²) in [6.07, 6.45) is 12.6. The third-order valence-electron chi connectivity index (χ3n) is 10.9. The summed E-state index contributed by atoms with van der Waals surface area (Å²) >= 11 is 0. The van der Waals surface area contributed by atoms with Crippen molar-refractivity contribution in [2.45, 2.75) is 44.4 Å². The number of fused-ring (bicyclic) bond motifs is 2. The molecule has 6 aromatic rings. The summed E-state index contributed by atoms with van der Waals surface area (Å²) in [5, 5.41) is 24.1. The van der Waals surface area contributed by atoms with Gasteiger partial charge in [-0.15, -0.1) is 10.2 Å². The lowest BCUT2D eigenvalue weighted by atomic mass is 9.93. The van der Waals surface area contributed by atoms with Crippen molar-refractivity contribution < 1.29 is 28.4 Å². The molecule has 0 spiro atoms. The van der Waals surface area contributed by atoms with Gasteiger partial charge < -0.3 is 43.5 Å². The normalized spacial score (nSPS) is 14.7. The average molecular weight is 806 g/mol. The lowest BCUT2D eigenvalue weighted by molar-refractivity contribution is 0.327. The Morgan fingerprint density at radius 3 is 1.53 bits per heavy atom. The van der Waals surface area contributed by atoms with Crippen LogP contribution in [0.2, 0.25) is 0 Å². The molecule has 6 heterocycles. The molecular formula is C42H51N11O6. The maximum atomic E-state index is 5.63. The van der Waals surface area contributed by atoms with Gasteiger partial charge in [-0.25, -0.2) is 19.9 Å². The number of ether oxygens (including phenoxy) is 6. The van der Waals surface area contributed by atoms with Crippen LogP contribution < -0.4 is 43.5 Å². The van der Waals surface area contributed by atoms with Crippen LogP contribution in [-0.4, -0.2) is 116 Å². The highest BCUT2D eigenvalue weighted by atomic mass is 16.5. The Bertz CT molecular complexity index is 2340. The molecular weight excluding hydrogens is 755 g/mol. The SMILES string of the molecule is CCNc1nccc(C2CCN(c3nncc4c(OC)c(OC)c(OC)cc34)CC2)n1.COc1cc2c(N3CCC(c4ccncn4)CC3)nncc2c(OC)c1OC. The summed E-state index contributed by atoms with van der Waals surface area (Å²) < 4.78 is 33.3. The van der Waals surface area contributed by atoms with Crippen LogP contribution in [0.15, 0.2) is 55.4 Å². The maximum absolute atomic E-state index is 5.63. The lowest BCUT2D eigenvalue weighted by Crippen LogP contribution is -2.34. The highest BCUT2D eigenvalue weighted by Gasteiger charge is 2.28. The highest BCUT2D eigenvalue weighted by Crippen LogP contribution is 2.47. The zero-order valence-corrected chi connectivity index (χ0v) is 34.6. The fourth-order valence-electron chi connectivity index (χ4n) is 8.00. The smallest absolute Gasteiger partial charge is 0.222 e. The molecule has 59 heavy (non-hydrogen) atoms. The van der Waals surface area contributed by atoms with Crippen LogP contribution in [0.3, 0.4) is 0 Å². The number of piperidine rings is 2. The van der Waals surface area contributed by atoms with Gasteiger partial charge >= 0.3 is 0 Å². The van der Waals surface area contributed by atoms with E-state index < -0.39 is 0 Å². The minimum absolute atomic E-state index is 0.392. The van der Waals surface area contributed by atoms with E-state index in [1.54, 1.807) is 67.6 Å². The van der Waals surface area contributed by atoms with Crippen molar-refractivity contribution in [3.8, 4) is 34.5 Å². The second-order valence-electron chi connectivity index (χ2n) is 14.0. The van der Waals surface area contributed by atoms with E-state index in [9.17, 15) is 0 Å². The number of aromatic nitrogens is 8. The Morgan fingerprint density at radius 2 is 1.08 bits per heavy atom. The molecule has 0 saturated carbocycles. The standard InChI is InChI=1S/C22H28N6O3.C20H23N5O3/c1-5-23-22-24-9-6-17(26-22)14-7-10-28(11-8-14)21-15-12-18(29-2)20(31-4)19(30-3)16(15)13-25-27-21;1-26-17-10-14-15(18(27-2)19(17)28-3)11-23-24-20(14)25-8-5-13(6-9-25)16-4-7-21-12-22-16/h6,9,12-14H,5,7-8,10-11H2,1-4H3,(H,23,24,26);4,7,10-13H,5-6,8-9H2,1-3H3. The first kappa shape index (κ1) is 40.7. The van der Waals surface area contributed by atoms with E-state index in [-0.39, 0.29) is 0 Å². The monoisotopic (exact) mass is 805 g/mol. The van der Waals surface area contributed by atoms with Crippen molar-refractivity contribution in [1.82, 2.24) is 40.3 Å². The molecule has 0 radical (unpaired) electrons. The van der Waals surface area contributed by atoms with Gasteiger partial charge in [0.2, 0.25) is 17.4 Å². The van der Waals surface area contributed by atoms with E-state index >= 15 is 0 Å². The van der Waals surface area contributed by atoms with Crippen molar-refractivity contribution >= 4 is 39.1 Å². The molecule has 2 saturated heterocycles. The van der Waals surface area contributed by atoms with E-state index in [4.69, 9.17) is 28.4 Å². The summed E-state index contributed by atoms with van der Waals surface area (Å²) in [7, 11) is 9.66. The molecule has 2 aliphatic rings. The quantitative estimate of drug-likeness (QED) is 0.150. The van der Waals surface area contributed by atoms with Crippen molar-refractivity contribution in [1.29, 1.82) is 0 Å². The molecule has 0 atom stereocenters. The van der Waals surface area contributed by atoms with E-state index in [1.807, 2.05) is 37.4 Å². The van der Waals surface area contributed by atoms with E-state index in [0.717, 1.165) is 103 Å². The van der Waals surface area contributed by atoms with Crippen molar-refractivity contribution in [3.63, 3.8) is 0 Å². The Morgan fingerprint density at radius 1 is 0.593 bits per heavy atom. The van der Waals surface area contributed by atoms with Crippen LogP contribution in [0, 0.1) is 0 Å². The van der Waals surface area contributed by atoms with Gasteiger partial charge in [0.1, 0.15) is 6.33 Å². The molecule has 2 aliphatic heterocycles. The highest BCUT2D eigenvalue weighted by molar-refractivity contribution is 6.00. The minimum Gasteiger partial charge on any atom is -0.493 e. The molecule has 0 aliphatic carbocycles. The van der Waals surface area contributed by atoms with Crippen LogP contribution >= 0.6 is 0 Å². The third-order valence-corrected chi connectivity index (χ3v) is 10.9. The molecule has 310 valence electrons. The number of nitrogens with one attached hydrogen (secondary N) is 1. The number of methoxy groups -OCH3 is 6. The molecule has 0 bridgehead atoms. The Hall–Kier alpha value is -6.52. The predicted octanol–water partition coefficient (Wildman–Crippen LogP) is 6.09. The van der Waals surface area contributed by atoms with Gasteiger partial charge in [0.25, 0.3) is 0 Å². The van der Waals surface area contributed by atoms with E-state index in [1.165, 1.54) is 0 Å². The van der Waals surface area contributed by atoms with Crippen molar-refractivity contribution in [3.05, 3.63) is 66.8 Å². The molecule has 17 heteroatoms. The summed E-state index contributed by atoms with van der Waals surface area (Å²) in [5.74, 6) is 6.69. The van der Waals surface area contributed by atoms with Gasteiger partial charge in [-0.3, -0.25) is 0 Å². The molecule has 0 unspecified atom stereocenters. The molecule has 0 amide bonds. The zero-order valence-electron chi connectivity index (χ0n) is 34.6. The van der Waals surface area contributed by atoms with Gasteiger partial charge in [0.15, 0.2) is 34.6 Å². The fourth-order valence-corrected chi connectivity index (χ4v) is 8.00. The molecule has 17 nitrogen and oxygen atoms in total. The molecule has 4 aromatic heterocycles. The van der Waals surface area contributed by atoms with Crippen LogP contribution in [0.5, 0.6) is 34.5 Å². The third kappa shape index (κ3) is 8.40. The van der Waals surface area contributed by atoms with Crippen molar-refractivity contribution in [2.24, 2.45) is 0 Å². The van der Waals surface area contributed by atoms with Crippen LogP contribution in [0.25, 0.3) is 21.5 Å². The predicted molar refractivity (Wildman–Crippen MR) is 225 cm³/mol. The minimum atomic E-state index is 0.392. The number of anilines is 3. The fraction of sp³-hybridized carbons (Fsp3) is 0.429. The number of nitrogens with zero attached hydrogens (tertiary/aromatic N) is 10. The van der Waals surface area contributed by atoms with Crippen molar-refractivity contribution in [2.75, 3.05) is 90.5 Å². The molecule has 8 rings (SSSR count). The Labute approximate surface area is 343 Å². The van der Waals surface area contributed by atoms with Crippen LogP contribution in [0.4, 0.5) is 17.6 Å². The first-order chi connectivity index (χ1) is 29.0. The number of hydrogen-bond donors (Lipinski definition) is 1. The first-order valence-corrected chi connectivity index (χ1v) is 19.7. The van der Waals surface area contributed by atoms with E-state index in [2.05, 4.69) is 55.4 Å². The van der Waals surface area contributed by atoms with Gasteiger partial charge in [-0.1, -0.05) is 0 Å². The molecule has 1 N–H and O–H groups in total. The number of benzene rings is 2. The largest absolute Gasteiger partial charge is 0.493 e. The topological polar surface area (TPSA) is 177 Å².